The monoisotopic (exact) mass is 308 g/mol. The quantitative estimate of drug-likeness (QED) is 0.728. The van der Waals surface area contributed by atoms with Crippen LogP contribution < -0.4 is 4.74 Å². The van der Waals surface area contributed by atoms with Gasteiger partial charge in [0.25, 0.3) is 5.89 Å². The topological polar surface area (TPSA) is 57.4 Å². The molecule has 3 aromatic rings. The Kier molecular flexibility index (Phi) is 3.78. The van der Waals surface area contributed by atoms with E-state index in [0.717, 1.165) is 24.3 Å². The third kappa shape index (κ3) is 2.96. The first kappa shape index (κ1) is 14.0. The summed E-state index contributed by atoms with van der Waals surface area (Å²) in [5.74, 6) is 2.85. The summed E-state index contributed by atoms with van der Waals surface area (Å²) in [6.45, 7) is 1.41. The van der Waals surface area contributed by atoms with Crippen molar-refractivity contribution in [3.05, 3.63) is 60.4 Å². The van der Waals surface area contributed by atoms with Gasteiger partial charge in [-0.05, 0) is 30.7 Å². The largest absolute Gasteiger partial charge is 0.457 e. The highest BCUT2D eigenvalue weighted by Crippen LogP contribution is 2.33. The molecular weight excluding hydrogens is 292 g/mol. The van der Waals surface area contributed by atoms with E-state index < -0.39 is 0 Å². The normalized spacial score (nSPS) is 17.3. The fourth-order valence-electron chi connectivity index (χ4n) is 2.60. The number of aromatic nitrogens is 2. The van der Waals surface area contributed by atoms with Gasteiger partial charge in [-0.3, -0.25) is 0 Å². The van der Waals surface area contributed by atoms with E-state index in [1.165, 1.54) is 0 Å². The van der Waals surface area contributed by atoms with E-state index in [-0.39, 0.29) is 5.92 Å². The number of para-hydroxylation sites is 2. The number of hydrogen-bond acceptors (Lipinski definition) is 5. The van der Waals surface area contributed by atoms with E-state index in [4.69, 9.17) is 14.0 Å². The summed E-state index contributed by atoms with van der Waals surface area (Å²) in [5, 5.41) is 4.10. The Hall–Kier alpha value is -2.66. The van der Waals surface area contributed by atoms with Crippen molar-refractivity contribution in [1.82, 2.24) is 10.1 Å². The lowest BCUT2D eigenvalue weighted by atomic mass is 10.1. The lowest BCUT2D eigenvalue weighted by Crippen LogP contribution is -1.99. The Morgan fingerprint density at radius 3 is 2.65 bits per heavy atom. The second-order valence-electron chi connectivity index (χ2n) is 5.43. The van der Waals surface area contributed by atoms with E-state index in [1.54, 1.807) is 0 Å². The first-order valence-corrected chi connectivity index (χ1v) is 7.64. The second kappa shape index (κ2) is 6.22. The molecule has 116 valence electrons. The maximum absolute atomic E-state index is 5.95. The van der Waals surface area contributed by atoms with Gasteiger partial charge >= 0.3 is 0 Å². The summed E-state index contributed by atoms with van der Waals surface area (Å²) < 4.78 is 16.8. The minimum Gasteiger partial charge on any atom is -0.457 e. The highest BCUT2D eigenvalue weighted by atomic mass is 16.5. The van der Waals surface area contributed by atoms with Crippen molar-refractivity contribution < 1.29 is 14.0 Å². The van der Waals surface area contributed by atoms with Crippen molar-refractivity contribution in [2.75, 3.05) is 13.2 Å². The molecule has 1 aliphatic heterocycles. The van der Waals surface area contributed by atoms with Crippen LogP contribution in [-0.4, -0.2) is 23.4 Å². The molecule has 0 radical (unpaired) electrons. The van der Waals surface area contributed by atoms with Gasteiger partial charge in [-0.15, -0.1) is 0 Å². The van der Waals surface area contributed by atoms with Crippen LogP contribution >= 0.6 is 0 Å². The predicted molar refractivity (Wildman–Crippen MR) is 84.4 cm³/mol. The number of hydrogen-bond donors (Lipinski definition) is 0. The van der Waals surface area contributed by atoms with E-state index in [0.29, 0.717) is 24.1 Å². The van der Waals surface area contributed by atoms with Gasteiger partial charge in [0.15, 0.2) is 5.82 Å². The maximum Gasteiger partial charge on any atom is 0.261 e. The molecule has 2 aromatic carbocycles. The molecule has 23 heavy (non-hydrogen) atoms. The van der Waals surface area contributed by atoms with E-state index in [9.17, 15) is 0 Å². The zero-order chi connectivity index (χ0) is 15.5. The number of benzene rings is 2. The van der Waals surface area contributed by atoms with E-state index >= 15 is 0 Å². The highest BCUT2D eigenvalue weighted by Gasteiger charge is 2.24. The molecule has 5 heteroatoms. The van der Waals surface area contributed by atoms with Crippen LogP contribution in [0.15, 0.2) is 59.1 Å². The molecule has 1 fully saturated rings. The zero-order valence-electron chi connectivity index (χ0n) is 12.5. The van der Waals surface area contributed by atoms with Gasteiger partial charge in [-0.2, -0.15) is 4.98 Å². The summed E-state index contributed by atoms with van der Waals surface area (Å²) in [6.07, 6.45) is 0.932. The molecule has 0 saturated carbocycles. The van der Waals surface area contributed by atoms with Crippen LogP contribution in [0, 0.1) is 0 Å². The summed E-state index contributed by atoms with van der Waals surface area (Å²) in [7, 11) is 0. The summed E-state index contributed by atoms with van der Waals surface area (Å²) in [4.78, 5) is 4.53. The molecule has 0 bridgehead atoms. The lowest BCUT2D eigenvalue weighted by Gasteiger charge is -2.08. The van der Waals surface area contributed by atoms with Crippen LogP contribution in [0.3, 0.4) is 0 Å². The lowest BCUT2D eigenvalue weighted by molar-refractivity contribution is 0.192. The Morgan fingerprint density at radius 2 is 1.83 bits per heavy atom. The number of nitrogens with zero attached hydrogens (tertiary/aromatic N) is 2. The molecule has 4 rings (SSSR count). The van der Waals surface area contributed by atoms with Crippen LogP contribution in [0.4, 0.5) is 0 Å². The average Bonchev–Trinajstić information content (AvgIpc) is 3.28. The Bertz CT molecular complexity index is 780. The SMILES string of the molecule is c1ccc(Oc2ccccc2-c2nc([C@@H]3CCOC3)no2)cc1. The van der Waals surface area contributed by atoms with Gasteiger partial charge in [0.2, 0.25) is 0 Å². The van der Waals surface area contributed by atoms with Crippen LogP contribution in [-0.2, 0) is 4.74 Å². The standard InChI is InChI=1S/C18H16N2O3/c1-2-6-14(7-3-1)22-16-9-5-4-8-15(16)18-19-17(20-23-18)13-10-11-21-12-13/h1-9,13H,10-12H2/t13-/m1/s1. The third-order valence-corrected chi connectivity index (χ3v) is 3.83. The first-order chi connectivity index (χ1) is 11.4. The van der Waals surface area contributed by atoms with Crippen molar-refractivity contribution in [2.24, 2.45) is 0 Å². The molecule has 2 heterocycles. The predicted octanol–water partition coefficient (Wildman–Crippen LogP) is 4.03. The molecular formula is C18H16N2O3. The van der Waals surface area contributed by atoms with Gasteiger partial charge < -0.3 is 14.0 Å². The molecule has 0 amide bonds. The minimum absolute atomic E-state index is 0.217. The van der Waals surface area contributed by atoms with Crippen molar-refractivity contribution in [1.29, 1.82) is 0 Å². The Balaban J connectivity index is 1.64. The molecule has 1 aliphatic rings. The summed E-state index contributed by atoms with van der Waals surface area (Å²) in [5.41, 5.74) is 0.786. The molecule has 0 aliphatic carbocycles. The van der Waals surface area contributed by atoms with Gasteiger partial charge in [-0.1, -0.05) is 35.5 Å². The fraction of sp³-hybridized carbons (Fsp3) is 0.222. The molecule has 0 N–H and O–H groups in total. The van der Waals surface area contributed by atoms with Crippen molar-refractivity contribution in [2.45, 2.75) is 12.3 Å². The molecule has 5 nitrogen and oxygen atoms in total. The minimum atomic E-state index is 0.217. The average molecular weight is 308 g/mol. The number of rotatable bonds is 4. The maximum atomic E-state index is 5.95. The van der Waals surface area contributed by atoms with Gasteiger partial charge in [0, 0.05) is 12.5 Å². The van der Waals surface area contributed by atoms with Crippen molar-refractivity contribution in [3.63, 3.8) is 0 Å². The Morgan fingerprint density at radius 1 is 1.00 bits per heavy atom. The number of ether oxygens (including phenoxy) is 2. The van der Waals surface area contributed by atoms with Gasteiger partial charge in [0.1, 0.15) is 11.5 Å². The molecule has 1 atom stereocenters. The molecule has 0 spiro atoms. The van der Waals surface area contributed by atoms with Crippen LogP contribution in [0.1, 0.15) is 18.2 Å². The van der Waals surface area contributed by atoms with E-state index in [1.807, 2.05) is 54.6 Å². The van der Waals surface area contributed by atoms with Crippen LogP contribution in [0.5, 0.6) is 11.5 Å². The molecule has 0 unspecified atom stereocenters. The van der Waals surface area contributed by atoms with Gasteiger partial charge in [0.05, 0.1) is 12.2 Å². The molecule has 1 saturated heterocycles. The van der Waals surface area contributed by atoms with Crippen molar-refractivity contribution >= 4 is 0 Å². The summed E-state index contributed by atoms with van der Waals surface area (Å²) >= 11 is 0. The Labute approximate surface area is 133 Å². The van der Waals surface area contributed by atoms with E-state index in [2.05, 4.69) is 10.1 Å². The zero-order valence-corrected chi connectivity index (χ0v) is 12.5. The first-order valence-electron chi connectivity index (χ1n) is 7.64. The van der Waals surface area contributed by atoms with Crippen LogP contribution in [0.2, 0.25) is 0 Å². The van der Waals surface area contributed by atoms with Gasteiger partial charge in [-0.25, -0.2) is 0 Å². The summed E-state index contributed by atoms with van der Waals surface area (Å²) in [6, 6.07) is 17.3. The highest BCUT2D eigenvalue weighted by molar-refractivity contribution is 5.63. The fourth-order valence-corrected chi connectivity index (χ4v) is 2.60. The molecule has 1 aromatic heterocycles. The van der Waals surface area contributed by atoms with Crippen molar-refractivity contribution in [3.8, 4) is 23.0 Å². The van der Waals surface area contributed by atoms with Crippen LogP contribution in [0.25, 0.3) is 11.5 Å². The smallest absolute Gasteiger partial charge is 0.261 e. The third-order valence-electron chi connectivity index (χ3n) is 3.83. The second-order valence-corrected chi connectivity index (χ2v) is 5.43.